The summed E-state index contributed by atoms with van der Waals surface area (Å²) in [5.74, 6) is 0.727. The van der Waals surface area contributed by atoms with Gasteiger partial charge in [-0.1, -0.05) is 12.1 Å². The topological polar surface area (TPSA) is 27.3 Å². The minimum absolute atomic E-state index is 0.478. The molecule has 1 fully saturated rings. The highest BCUT2D eigenvalue weighted by Crippen LogP contribution is 2.29. The fourth-order valence-corrected chi connectivity index (χ4v) is 2.77. The van der Waals surface area contributed by atoms with Gasteiger partial charge in [0.2, 0.25) is 0 Å². The maximum atomic E-state index is 3.47. The van der Waals surface area contributed by atoms with Gasteiger partial charge in [-0.25, -0.2) is 0 Å². The molecule has 2 unspecified atom stereocenters. The number of rotatable bonds is 4. The number of nitrogens with one attached hydrogen (secondary N) is 2. The average Bonchev–Trinajstić information content (AvgIpc) is 2.78. The van der Waals surface area contributed by atoms with Crippen LogP contribution in [0.1, 0.15) is 18.0 Å². The van der Waals surface area contributed by atoms with Gasteiger partial charge in [0, 0.05) is 25.3 Å². The molecule has 0 aromatic heterocycles. The van der Waals surface area contributed by atoms with E-state index in [1.165, 1.54) is 30.8 Å². The van der Waals surface area contributed by atoms with Gasteiger partial charge in [0.05, 0.1) is 0 Å². The van der Waals surface area contributed by atoms with Gasteiger partial charge in [0.1, 0.15) is 0 Å². The Morgan fingerprint density at radius 3 is 2.41 bits per heavy atom. The minimum atomic E-state index is 0.478. The lowest BCUT2D eigenvalue weighted by atomic mass is 9.92. The summed E-state index contributed by atoms with van der Waals surface area (Å²) in [6, 6.07) is 9.23. The van der Waals surface area contributed by atoms with Gasteiger partial charge in [0.15, 0.2) is 0 Å². The molecule has 94 valence electrons. The molecule has 3 nitrogen and oxygen atoms in total. The van der Waals surface area contributed by atoms with Gasteiger partial charge in [-0.2, -0.15) is 0 Å². The summed E-state index contributed by atoms with van der Waals surface area (Å²) in [6.45, 7) is 2.41. The summed E-state index contributed by atoms with van der Waals surface area (Å²) in [5, 5.41) is 6.63. The van der Waals surface area contributed by atoms with Gasteiger partial charge in [-0.05, 0) is 50.7 Å². The van der Waals surface area contributed by atoms with Crippen molar-refractivity contribution < 1.29 is 0 Å². The smallest absolute Gasteiger partial charge is 0.0358 e. The second-order valence-electron chi connectivity index (χ2n) is 4.95. The van der Waals surface area contributed by atoms with E-state index in [1.807, 2.05) is 7.05 Å². The zero-order chi connectivity index (χ0) is 12.3. The van der Waals surface area contributed by atoms with E-state index in [1.54, 1.807) is 0 Å². The van der Waals surface area contributed by atoms with Crippen LogP contribution in [0.3, 0.4) is 0 Å². The first-order valence-electron chi connectivity index (χ1n) is 6.38. The van der Waals surface area contributed by atoms with Crippen LogP contribution in [0.5, 0.6) is 0 Å². The Hall–Kier alpha value is -1.06. The van der Waals surface area contributed by atoms with Crippen LogP contribution in [-0.2, 0) is 0 Å². The molecular formula is C14H23N3. The van der Waals surface area contributed by atoms with E-state index in [2.05, 4.69) is 53.9 Å². The summed E-state index contributed by atoms with van der Waals surface area (Å²) < 4.78 is 0. The Labute approximate surface area is 104 Å². The van der Waals surface area contributed by atoms with Crippen LogP contribution in [0.25, 0.3) is 0 Å². The second kappa shape index (κ2) is 5.52. The average molecular weight is 233 g/mol. The second-order valence-corrected chi connectivity index (χ2v) is 4.95. The van der Waals surface area contributed by atoms with E-state index >= 15 is 0 Å². The first-order chi connectivity index (χ1) is 8.24. The molecule has 17 heavy (non-hydrogen) atoms. The van der Waals surface area contributed by atoms with Crippen molar-refractivity contribution in [1.29, 1.82) is 0 Å². The molecule has 0 amide bonds. The predicted octanol–water partition coefficient (Wildman–Crippen LogP) is 1.94. The van der Waals surface area contributed by atoms with Crippen LogP contribution < -0.4 is 10.6 Å². The first kappa shape index (κ1) is 12.4. The van der Waals surface area contributed by atoms with Gasteiger partial charge in [-0.15, -0.1) is 0 Å². The van der Waals surface area contributed by atoms with Crippen LogP contribution in [0.15, 0.2) is 24.3 Å². The third kappa shape index (κ3) is 2.79. The first-order valence-corrected chi connectivity index (χ1v) is 6.38. The van der Waals surface area contributed by atoms with Crippen LogP contribution in [0.2, 0.25) is 0 Å². The van der Waals surface area contributed by atoms with E-state index in [0.717, 1.165) is 5.92 Å². The molecule has 2 N–H and O–H groups in total. The Kier molecular flexibility index (Phi) is 4.02. The monoisotopic (exact) mass is 233 g/mol. The summed E-state index contributed by atoms with van der Waals surface area (Å²) in [4.78, 5) is 2.41. The van der Waals surface area contributed by atoms with Crippen LogP contribution in [0.4, 0.5) is 5.69 Å². The van der Waals surface area contributed by atoms with Crippen molar-refractivity contribution in [3.05, 3.63) is 29.8 Å². The quantitative estimate of drug-likeness (QED) is 0.832. The van der Waals surface area contributed by atoms with Crippen molar-refractivity contribution in [3.63, 3.8) is 0 Å². The van der Waals surface area contributed by atoms with Crippen LogP contribution in [0, 0.1) is 5.92 Å². The molecule has 1 saturated heterocycles. The molecular weight excluding hydrogens is 210 g/mol. The van der Waals surface area contributed by atoms with E-state index < -0.39 is 0 Å². The number of anilines is 1. The number of likely N-dealkylation sites (tertiary alicyclic amines) is 1. The lowest BCUT2D eigenvalue weighted by molar-refractivity contribution is 0.351. The lowest BCUT2D eigenvalue weighted by Gasteiger charge is -2.23. The number of hydrogen-bond acceptors (Lipinski definition) is 3. The Morgan fingerprint density at radius 1 is 1.24 bits per heavy atom. The van der Waals surface area contributed by atoms with Crippen molar-refractivity contribution in [2.45, 2.75) is 12.5 Å². The zero-order valence-corrected chi connectivity index (χ0v) is 11.0. The normalized spacial score (nSPS) is 22.6. The van der Waals surface area contributed by atoms with Gasteiger partial charge in [0.25, 0.3) is 0 Å². The van der Waals surface area contributed by atoms with Crippen molar-refractivity contribution in [3.8, 4) is 0 Å². The van der Waals surface area contributed by atoms with Crippen molar-refractivity contribution in [1.82, 2.24) is 10.2 Å². The Bertz CT molecular complexity index is 347. The molecule has 0 saturated carbocycles. The standard InChI is InChI=1S/C14H23N3/c1-15-13-6-4-11(5-7-13)14(16-2)12-8-9-17(3)10-12/h4-7,12,14-16H,8-10H2,1-3H3. The van der Waals surface area contributed by atoms with E-state index in [4.69, 9.17) is 0 Å². The minimum Gasteiger partial charge on any atom is -0.388 e. The largest absolute Gasteiger partial charge is 0.388 e. The summed E-state index contributed by atoms with van der Waals surface area (Å²) in [7, 11) is 6.22. The highest BCUT2D eigenvalue weighted by molar-refractivity contribution is 5.44. The Morgan fingerprint density at radius 2 is 1.94 bits per heavy atom. The predicted molar refractivity (Wildman–Crippen MR) is 73.4 cm³/mol. The van der Waals surface area contributed by atoms with Gasteiger partial charge >= 0.3 is 0 Å². The fraction of sp³-hybridized carbons (Fsp3) is 0.571. The van der Waals surface area contributed by atoms with Gasteiger partial charge in [-0.3, -0.25) is 0 Å². The zero-order valence-electron chi connectivity index (χ0n) is 11.0. The lowest BCUT2D eigenvalue weighted by Crippen LogP contribution is -2.27. The molecule has 1 aromatic rings. The molecule has 1 aliphatic rings. The number of hydrogen-bond donors (Lipinski definition) is 2. The maximum absolute atomic E-state index is 3.47. The Balaban J connectivity index is 2.11. The van der Waals surface area contributed by atoms with Crippen molar-refractivity contribution >= 4 is 5.69 Å². The van der Waals surface area contributed by atoms with E-state index in [9.17, 15) is 0 Å². The van der Waals surface area contributed by atoms with E-state index in [0.29, 0.717) is 6.04 Å². The van der Waals surface area contributed by atoms with Crippen LogP contribution >= 0.6 is 0 Å². The van der Waals surface area contributed by atoms with E-state index in [-0.39, 0.29) is 0 Å². The summed E-state index contributed by atoms with van der Waals surface area (Å²) in [5.41, 5.74) is 2.57. The van der Waals surface area contributed by atoms with Crippen molar-refractivity contribution in [2.75, 3.05) is 39.5 Å². The molecule has 1 heterocycles. The van der Waals surface area contributed by atoms with Crippen LogP contribution in [-0.4, -0.2) is 39.1 Å². The molecule has 3 heteroatoms. The molecule has 0 radical (unpaired) electrons. The highest BCUT2D eigenvalue weighted by atomic mass is 15.1. The SMILES string of the molecule is CNc1ccc(C(NC)C2CCN(C)C2)cc1. The molecule has 0 spiro atoms. The molecule has 0 aliphatic carbocycles. The fourth-order valence-electron chi connectivity index (χ4n) is 2.77. The van der Waals surface area contributed by atoms with Gasteiger partial charge < -0.3 is 15.5 Å². The number of benzene rings is 1. The summed E-state index contributed by atoms with van der Waals surface area (Å²) >= 11 is 0. The summed E-state index contributed by atoms with van der Waals surface area (Å²) in [6.07, 6.45) is 1.29. The molecule has 1 aromatic carbocycles. The van der Waals surface area contributed by atoms with Crippen molar-refractivity contribution in [2.24, 2.45) is 5.92 Å². The molecule has 1 aliphatic heterocycles. The third-order valence-electron chi connectivity index (χ3n) is 3.77. The molecule has 0 bridgehead atoms. The molecule has 2 atom stereocenters. The number of nitrogens with zero attached hydrogens (tertiary/aromatic N) is 1. The third-order valence-corrected chi connectivity index (χ3v) is 3.77. The maximum Gasteiger partial charge on any atom is 0.0358 e. The highest BCUT2D eigenvalue weighted by Gasteiger charge is 2.27. The molecule has 2 rings (SSSR count).